The molecule has 6 heteroatoms. The highest BCUT2D eigenvalue weighted by atomic mass is 79.9. The molecule has 2 atom stereocenters. The fourth-order valence-corrected chi connectivity index (χ4v) is 2.53. The SMILES string of the molecule is O=C(c1cc(Br)no1)N1CC2CNCC21. The topological polar surface area (TPSA) is 58.4 Å². The Kier molecular flexibility index (Phi) is 2.07. The van der Waals surface area contributed by atoms with Gasteiger partial charge in [-0.15, -0.1) is 0 Å². The maximum Gasteiger partial charge on any atom is 0.292 e. The first-order valence-electron chi connectivity index (χ1n) is 4.89. The van der Waals surface area contributed by atoms with Gasteiger partial charge in [-0.3, -0.25) is 4.79 Å². The summed E-state index contributed by atoms with van der Waals surface area (Å²) in [7, 11) is 0. The molecular formula is C9H10BrN3O2. The van der Waals surface area contributed by atoms with E-state index in [0.29, 0.717) is 22.3 Å². The molecular weight excluding hydrogens is 262 g/mol. The first-order valence-corrected chi connectivity index (χ1v) is 5.69. The summed E-state index contributed by atoms with van der Waals surface area (Å²) in [5.74, 6) is 0.880. The van der Waals surface area contributed by atoms with Gasteiger partial charge < -0.3 is 14.7 Å². The number of carbonyl (C=O) groups excluding carboxylic acids is 1. The largest absolute Gasteiger partial charge is 0.350 e. The first kappa shape index (κ1) is 9.35. The molecule has 15 heavy (non-hydrogen) atoms. The van der Waals surface area contributed by atoms with Crippen LogP contribution in [0.25, 0.3) is 0 Å². The van der Waals surface area contributed by atoms with Crippen molar-refractivity contribution in [1.29, 1.82) is 0 Å². The van der Waals surface area contributed by atoms with E-state index in [1.165, 1.54) is 0 Å². The molecule has 2 aliphatic rings. The van der Waals surface area contributed by atoms with Gasteiger partial charge in [-0.05, 0) is 15.9 Å². The smallest absolute Gasteiger partial charge is 0.292 e. The molecule has 5 nitrogen and oxygen atoms in total. The maximum atomic E-state index is 11.9. The third-order valence-electron chi connectivity index (χ3n) is 3.09. The van der Waals surface area contributed by atoms with Gasteiger partial charge >= 0.3 is 0 Å². The van der Waals surface area contributed by atoms with Crippen LogP contribution in [-0.2, 0) is 0 Å². The van der Waals surface area contributed by atoms with Crippen molar-refractivity contribution in [3.63, 3.8) is 0 Å². The predicted molar refractivity (Wildman–Crippen MR) is 55.4 cm³/mol. The zero-order valence-electron chi connectivity index (χ0n) is 7.94. The van der Waals surface area contributed by atoms with Crippen LogP contribution in [0.5, 0.6) is 0 Å². The highest BCUT2D eigenvalue weighted by Crippen LogP contribution is 2.29. The number of aromatic nitrogens is 1. The molecule has 0 spiro atoms. The van der Waals surface area contributed by atoms with E-state index in [1.54, 1.807) is 6.07 Å². The van der Waals surface area contributed by atoms with Crippen molar-refractivity contribution in [2.24, 2.45) is 5.92 Å². The highest BCUT2D eigenvalue weighted by Gasteiger charge is 2.45. The molecule has 3 rings (SSSR count). The van der Waals surface area contributed by atoms with Crippen molar-refractivity contribution in [2.45, 2.75) is 6.04 Å². The molecule has 0 radical (unpaired) electrons. The normalized spacial score (nSPS) is 28.7. The molecule has 0 bridgehead atoms. The third-order valence-corrected chi connectivity index (χ3v) is 3.46. The van der Waals surface area contributed by atoms with Gasteiger partial charge in [0.15, 0.2) is 0 Å². The quantitative estimate of drug-likeness (QED) is 0.808. The standard InChI is InChI=1S/C9H10BrN3O2/c10-8-1-7(15-12-8)9(14)13-4-5-2-11-3-6(5)13/h1,5-6,11H,2-4H2. The van der Waals surface area contributed by atoms with Crippen LogP contribution in [0.15, 0.2) is 15.2 Å². The number of carbonyl (C=O) groups is 1. The Morgan fingerprint density at radius 3 is 3.20 bits per heavy atom. The van der Waals surface area contributed by atoms with E-state index in [2.05, 4.69) is 26.4 Å². The monoisotopic (exact) mass is 271 g/mol. The fraction of sp³-hybridized carbons (Fsp3) is 0.556. The van der Waals surface area contributed by atoms with E-state index in [-0.39, 0.29) is 5.91 Å². The molecule has 0 saturated carbocycles. The van der Waals surface area contributed by atoms with E-state index >= 15 is 0 Å². The third kappa shape index (κ3) is 1.39. The molecule has 1 amide bonds. The van der Waals surface area contributed by atoms with Crippen LogP contribution in [0, 0.1) is 5.92 Å². The van der Waals surface area contributed by atoms with Gasteiger partial charge in [-0.2, -0.15) is 0 Å². The van der Waals surface area contributed by atoms with E-state index < -0.39 is 0 Å². The first-order chi connectivity index (χ1) is 7.25. The number of rotatable bonds is 1. The maximum absolute atomic E-state index is 11.9. The van der Waals surface area contributed by atoms with Crippen molar-refractivity contribution in [1.82, 2.24) is 15.4 Å². The molecule has 0 aliphatic carbocycles. The molecule has 1 aromatic heterocycles. The summed E-state index contributed by atoms with van der Waals surface area (Å²) in [6.07, 6.45) is 0. The number of halogens is 1. The summed E-state index contributed by atoms with van der Waals surface area (Å²) in [4.78, 5) is 13.8. The highest BCUT2D eigenvalue weighted by molar-refractivity contribution is 9.10. The van der Waals surface area contributed by atoms with Crippen LogP contribution >= 0.6 is 15.9 Å². The van der Waals surface area contributed by atoms with Crippen molar-refractivity contribution < 1.29 is 9.32 Å². The molecule has 1 N–H and O–H groups in total. The minimum atomic E-state index is -0.0573. The van der Waals surface area contributed by atoms with Crippen LogP contribution in [-0.4, -0.2) is 41.6 Å². The lowest BCUT2D eigenvalue weighted by atomic mass is 9.92. The lowest BCUT2D eigenvalue weighted by Crippen LogP contribution is -2.58. The summed E-state index contributed by atoms with van der Waals surface area (Å²) in [6.45, 7) is 2.75. The lowest BCUT2D eigenvalue weighted by Gasteiger charge is -2.43. The summed E-state index contributed by atoms with van der Waals surface area (Å²) in [5.41, 5.74) is 0. The number of amides is 1. The Hall–Kier alpha value is -0.880. The summed E-state index contributed by atoms with van der Waals surface area (Å²) < 4.78 is 5.49. The second-order valence-electron chi connectivity index (χ2n) is 3.96. The number of fused-ring (bicyclic) bond motifs is 1. The van der Waals surface area contributed by atoms with E-state index in [9.17, 15) is 4.79 Å². The van der Waals surface area contributed by atoms with Gasteiger partial charge in [0.05, 0.1) is 6.04 Å². The Bertz CT molecular complexity index is 406. The van der Waals surface area contributed by atoms with Crippen molar-refractivity contribution in [2.75, 3.05) is 19.6 Å². The van der Waals surface area contributed by atoms with E-state index in [4.69, 9.17) is 4.52 Å². The van der Waals surface area contributed by atoms with Crippen molar-refractivity contribution in [3.05, 3.63) is 16.4 Å². The van der Waals surface area contributed by atoms with Crippen LogP contribution < -0.4 is 5.32 Å². The number of nitrogens with zero attached hydrogens (tertiary/aromatic N) is 2. The molecule has 1 aromatic rings. The number of likely N-dealkylation sites (tertiary alicyclic amines) is 1. The van der Waals surface area contributed by atoms with Crippen LogP contribution in [0.3, 0.4) is 0 Å². The Labute approximate surface area is 94.9 Å². The Balaban J connectivity index is 1.76. The Morgan fingerprint density at radius 2 is 2.53 bits per heavy atom. The van der Waals surface area contributed by atoms with Crippen LogP contribution in [0.4, 0.5) is 0 Å². The van der Waals surface area contributed by atoms with E-state index in [0.717, 1.165) is 19.6 Å². The van der Waals surface area contributed by atoms with Gasteiger partial charge in [-0.1, -0.05) is 5.16 Å². The summed E-state index contributed by atoms with van der Waals surface area (Å²) in [6, 6.07) is 1.96. The van der Waals surface area contributed by atoms with E-state index in [1.807, 2.05) is 4.90 Å². The molecule has 2 fully saturated rings. The molecule has 2 unspecified atom stereocenters. The number of hydrogen-bond acceptors (Lipinski definition) is 4. The summed E-state index contributed by atoms with van der Waals surface area (Å²) >= 11 is 3.16. The fourth-order valence-electron chi connectivity index (χ4n) is 2.25. The minimum absolute atomic E-state index is 0.0573. The molecule has 2 aliphatic heterocycles. The average molecular weight is 272 g/mol. The van der Waals surface area contributed by atoms with Crippen molar-refractivity contribution >= 4 is 21.8 Å². The molecule has 80 valence electrons. The van der Waals surface area contributed by atoms with Gasteiger partial charge in [0, 0.05) is 31.6 Å². The predicted octanol–water partition coefficient (Wildman–Crippen LogP) is 0.481. The van der Waals surface area contributed by atoms with Crippen LogP contribution in [0.2, 0.25) is 0 Å². The lowest BCUT2D eigenvalue weighted by molar-refractivity contribution is 0.0289. The van der Waals surface area contributed by atoms with Gasteiger partial charge in [0.1, 0.15) is 4.60 Å². The van der Waals surface area contributed by atoms with Crippen LogP contribution in [0.1, 0.15) is 10.6 Å². The minimum Gasteiger partial charge on any atom is -0.350 e. The second-order valence-corrected chi connectivity index (χ2v) is 4.77. The second kappa shape index (κ2) is 3.31. The zero-order valence-corrected chi connectivity index (χ0v) is 9.53. The molecule has 3 heterocycles. The Morgan fingerprint density at radius 1 is 1.67 bits per heavy atom. The number of hydrogen-bond donors (Lipinski definition) is 1. The van der Waals surface area contributed by atoms with Gasteiger partial charge in [-0.25, -0.2) is 0 Å². The number of nitrogens with one attached hydrogen (secondary N) is 1. The zero-order chi connectivity index (χ0) is 10.4. The summed E-state index contributed by atoms with van der Waals surface area (Å²) in [5, 5.41) is 6.92. The van der Waals surface area contributed by atoms with Gasteiger partial charge in [0.25, 0.3) is 5.91 Å². The average Bonchev–Trinajstić information content (AvgIpc) is 2.74. The molecule has 2 saturated heterocycles. The van der Waals surface area contributed by atoms with Gasteiger partial charge in [0.2, 0.25) is 5.76 Å². The van der Waals surface area contributed by atoms with Crippen molar-refractivity contribution in [3.8, 4) is 0 Å². The molecule has 0 aromatic carbocycles.